The van der Waals surface area contributed by atoms with Crippen molar-refractivity contribution in [1.82, 2.24) is 0 Å². The summed E-state index contributed by atoms with van der Waals surface area (Å²) in [5.74, 6) is 0.222. The van der Waals surface area contributed by atoms with E-state index in [4.69, 9.17) is 16.5 Å². The summed E-state index contributed by atoms with van der Waals surface area (Å²) in [6.07, 6.45) is -0.373. The van der Waals surface area contributed by atoms with Crippen LogP contribution in [-0.4, -0.2) is 23.5 Å². The highest BCUT2D eigenvalue weighted by atomic mass is 35.5. The molecule has 62 valence electrons. The lowest BCUT2D eigenvalue weighted by atomic mass is 10.5. The van der Waals surface area contributed by atoms with E-state index in [1.165, 1.54) is 0 Å². The number of hydrogen-bond donors (Lipinski definition) is 1. The monoisotopic (exact) mass is 188 g/mol. The summed E-state index contributed by atoms with van der Waals surface area (Å²) in [7, 11) is -3.51. The predicted octanol–water partition coefficient (Wildman–Crippen LogP) is 1.38. The molecule has 4 nitrogen and oxygen atoms in total. The van der Waals surface area contributed by atoms with Crippen LogP contribution in [0.2, 0.25) is 0 Å². The summed E-state index contributed by atoms with van der Waals surface area (Å²) in [6.45, 7) is 2.66. The largest absolute Gasteiger partial charge is 0.352 e. The molecule has 0 bridgehead atoms. The van der Waals surface area contributed by atoms with E-state index < -0.39 is 7.60 Å². The summed E-state index contributed by atoms with van der Waals surface area (Å²) < 4.78 is 14.5. The second-order valence-corrected chi connectivity index (χ2v) is 4.00. The maximum atomic E-state index is 10.4. The Balaban J connectivity index is 3.46. The molecule has 0 radical (unpaired) electrons. The molecular weight excluding hydrogens is 178 g/mol. The highest BCUT2D eigenvalue weighted by Gasteiger charge is 2.13. The first-order valence-corrected chi connectivity index (χ1v) is 5.23. The van der Waals surface area contributed by atoms with Crippen molar-refractivity contribution in [2.45, 2.75) is 13.0 Å². The molecular formula is C4H10ClO4P. The van der Waals surface area contributed by atoms with Crippen molar-refractivity contribution in [2.24, 2.45) is 0 Å². The molecule has 0 fully saturated rings. The third-order valence-electron chi connectivity index (χ3n) is 0.563. The van der Waals surface area contributed by atoms with Crippen molar-refractivity contribution >= 4 is 19.2 Å². The topological polar surface area (TPSA) is 55.8 Å². The molecule has 0 saturated carbocycles. The fourth-order valence-corrected chi connectivity index (χ4v) is 0.537. The Labute approximate surface area is 64.6 Å². The Bertz CT molecular complexity index is 133. The van der Waals surface area contributed by atoms with Gasteiger partial charge in [0.25, 0.3) is 0 Å². The molecule has 0 saturated heterocycles. The maximum absolute atomic E-state index is 10.4. The van der Waals surface area contributed by atoms with Crippen molar-refractivity contribution in [2.75, 3.05) is 12.5 Å². The number of alkyl halides is 1. The minimum Gasteiger partial charge on any atom is -0.323 e. The van der Waals surface area contributed by atoms with Gasteiger partial charge < -0.3 is 4.89 Å². The molecule has 0 aliphatic heterocycles. The van der Waals surface area contributed by atoms with Crippen LogP contribution in [-0.2, 0) is 14.1 Å². The third kappa shape index (κ3) is 6.52. The third-order valence-corrected chi connectivity index (χ3v) is 1.36. The Morgan fingerprint density at radius 1 is 1.80 bits per heavy atom. The van der Waals surface area contributed by atoms with Gasteiger partial charge in [-0.3, -0.25) is 4.57 Å². The van der Waals surface area contributed by atoms with E-state index in [2.05, 4.69) is 9.56 Å². The zero-order valence-corrected chi connectivity index (χ0v) is 7.43. The molecule has 1 N–H and O–H groups in total. The van der Waals surface area contributed by atoms with Crippen LogP contribution in [0.15, 0.2) is 0 Å². The lowest BCUT2D eigenvalue weighted by molar-refractivity contribution is -0.238. The van der Waals surface area contributed by atoms with Gasteiger partial charge in [0.2, 0.25) is 0 Å². The van der Waals surface area contributed by atoms with Gasteiger partial charge in [0.15, 0.2) is 0 Å². The molecule has 6 heteroatoms. The average molecular weight is 189 g/mol. The van der Waals surface area contributed by atoms with Gasteiger partial charge in [0.05, 0.1) is 5.88 Å². The highest BCUT2D eigenvalue weighted by molar-refractivity contribution is 7.51. The second kappa shape index (κ2) is 4.31. The SMILES string of the molecule is C[C@H](CCl)OOP(C)(=O)O. The van der Waals surface area contributed by atoms with Crippen molar-refractivity contribution in [1.29, 1.82) is 0 Å². The van der Waals surface area contributed by atoms with Crippen LogP contribution in [0.25, 0.3) is 0 Å². The zero-order chi connectivity index (χ0) is 8.20. The van der Waals surface area contributed by atoms with E-state index in [1.54, 1.807) is 6.92 Å². The molecule has 0 rings (SSSR count). The van der Waals surface area contributed by atoms with Gasteiger partial charge in [0.1, 0.15) is 6.10 Å². The molecule has 0 aliphatic carbocycles. The van der Waals surface area contributed by atoms with Gasteiger partial charge in [0, 0.05) is 6.66 Å². The van der Waals surface area contributed by atoms with E-state index in [0.717, 1.165) is 6.66 Å². The van der Waals surface area contributed by atoms with Crippen molar-refractivity contribution in [3.05, 3.63) is 0 Å². The van der Waals surface area contributed by atoms with Gasteiger partial charge in [-0.25, -0.2) is 4.89 Å². The highest BCUT2D eigenvalue weighted by Crippen LogP contribution is 2.37. The lowest BCUT2D eigenvalue weighted by Gasteiger charge is -2.09. The van der Waals surface area contributed by atoms with E-state index in [-0.39, 0.29) is 12.0 Å². The van der Waals surface area contributed by atoms with E-state index in [9.17, 15) is 4.57 Å². The number of hydrogen-bond acceptors (Lipinski definition) is 3. The van der Waals surface area contributed by atoms with Gasteiger partial charge in [-0.05, 0) is 6.92 Å². The second-order valence-electron chi connectivity index (χ2n) is 1.94. The minimum absolute atomic E-state index is 0.222. The first-order chi connectivity index (χ1) is 4.45. The molecule has 0 aromatic carbocycles. The fraction of sp³-hybridized carbons (Fsp3) is 1.00. The Morgan fingerprint density at radius 3 is 2.60 bits per heavy atom. The molecule has 1 unspecified atom stereocenters. The molecule has 0 amide bonds. The van der Waals surface area contributed by atoms with E-state index in [1.807, 2.05) is 0 Å². The molecule has 10 heavy (non-hydrogen) atoms. The number of halogens is 1. The minimum atomic E-state index is -3.51. The molecule has 0 aromatic rings. The maximum Gasteiger partial charge on any atom is 0.352 e. The van der Waals surface area contributed by atoms with Gasteiger partial charge >= 0.3 is 7.60 Å². The molecule has 2 atom stereocenters. The summed E-state index contributed by atoms with van der Waals surface area (Å²) in [5, 5.41) is 0. The smallest absolute Gasteiger partial charge is 0.323 e. The summed E-state index contributed by atoms with van der Waals surface area (Å²) in [4.78, 5) is 12.9. The Kier molecular flexibility index (Phi) is 4.49. The van der Waals surface area contributed by atoms with Crippen LogP contribution in [0.4, 0.5) is 0 Å². The van der Waals surface area contributed by atoms with Gasteiger partial charge in [-0.1, -0.05) is 0 Å². The van der Waals surface area contributed by atoms with Crippen LogP contribution < -0.4 is 0 Å². The Morgan fingerprint density at radius 2 is 2.30 bits per heavy atom. The van der Waals surface area contributed by atoms with Gasteiger partial charge in [-0.15, -0.1) is 16.3 Å². The van der Waals surface area contributed by atoms with E-state index >= 15 is 0 Å². The number of rotatable bonds is 4. The van der Waals surface area contributed by atoms with Crippen LogP contribution in [0.1, 0.15) is 6.92 Å². The fourth-order valence-electron chi connectivity index (χ4n) is 0.179. The zero-order valence-electron chi connectivity index (χ0n) is 5.78. The Hall–Kier alpha value is 0.400. The molecule has 0 heterocycles. The molecule has 0 spiro atoms. The van der Waals surface area contributed by atoms with Crippen LogP contribution in [0, 0.1) is 0 Å². The molecule has 0 aromatic heterocycles. The van der Waals surface area contributed by atoms with Crippen molar-refractivity contribution in [3.63, 3.8) is 0 Å². The quantitative estimate of drug-likeness (QED) is 0.313. The summed E-state index contributed by atoms with van der Waals surface area (Å²) in [5.41, 5.74) is 0. The lowest BCUT2D eigenvalue weighted by Crippen LogP contribution is -2.08. The average Bonchev–Trinajstić information content (AvgIpc) is 1.81. The van der Waals surface area contributed by atoms with Crippen molar-refractivity contribution in [3.8, 4) is 0 Å². The van der Waals surface area contributed by atoms with Gasteiger partial charge in [-0.2, -0.15) is 0 Å². The van der Waals surface area contributed by atoms with Crippen LogP contribution in [0.5, 0.6) is 0 Å². The van der Waals surface area contributed by atoms with Crippen molar-refractivity contribution < 1.29 is 19.0 Å². The molecule has 0 aliphatic rings. The van der Waals surface area contributed by atoms with Crippen LogP contribution in [0.3, 0.4) is 0 Å². The standard InChI is InChI=1S/C4H10ClO4P/c1-4(3-5)8-9-10(2,6)7/h4H,3H2,1-2H3,(H,6,7)/t4-/m1/s1. The first kappa shape index (κ1) is 10.4. The normalized spacial score (nSPS) is 20.0. The van der Waals surface area contributed by atoms with Crippen LogP contribution >= 0.6 is 19.2 Å². The predicted molar refractivity (Wildman–Crippen MR) is 38.1 cm³/mol. The first-order valence-electron chi connectivity index (χ1n) is 2.67. The summed E-state index contributed by atoms with van der Waals surface area (Å²) in [6, 6.07) is 0. The summed E-state index contributed by atoms with van der Waals surface area (Å²) >= 11 is 5.30. The van der Waals surface area contributed by atoms with E-state index in [0.29, 0.717) is 0 Å².